The summed E-state index contributed by atoms with van der Waals surface area (Å²) in [5, 5.41) is 0. The minimum absolute atomic E-state index is 0.229. The van der Waals surface area contributed by atoms with Crippen LogP contribution in [0.1, 0.15) is 36.5 Å². The number of methoxy groups -OCH3 is 2. The van der Waals surface area contributed by atoms with Gasteiger partial charge in [-0.2, -0.15) is 0 Å². The van der Waals surface area contributed by atoms with Crippen LogP contribution >= 0.6 is 0 Å². The number of hydrogen-bond donors (Lipinski definition) is 0. The first-order chi connectivity index (χ1) is 10.2. The van der Waals surface area contributed by atoms with E-state index in [-0.39, 0.29) is 6.61 Å². The van der Waals surface area contributed by atoms with E-state index in [1.807, 2.05) is 0 Å². The maximum Gasteiger partial charge on any atom is 0.338 e. The lowest BCUT2D eigenvalue weighted by Crippen LogP contribution is -2.10. The fourth-order valence-electron chi connectivity index (χ4n) is 1.75. The highest BCUT2D eigenvalue weighted by Crippen LogP contribution is 2.28. The Labute approximate surface area is 126 Å². The summed E-state index contributed by atoms with van der Waals surface area (Å²) in [6.07, 6.45) is 3.28. The van der Waals surface area contributed by atoms with Gasteiger partial charge >= 0.3 is 5.97 Å². The van der Waals surface area contributed by atoms with E-state index in [1.54, 1.807) is 32.4 Å². The molecule has 0 spiro atoms. The van der Waals surface area contributed by atoms with Gasteiger partial charge in [-0.25, -0.2) is 4.79 Å². The monoisotopic (exact) mass is 296 g/mol. The number of ether oxygens (including phenoxy) is 4. The predicted molar refractivity (Wildman–Crippen MR) is 80.2 cm³/mol. The van der Waals surface area contributed by atoms with Gasteiger partial charge in [0, 0.05) is 7.11 Å². The van der Waals surface area contributed by atoms with E-state index in [0.717, 1.165) is 19.3 Å². The third kappa shape index (κ3) is 6.04. The normalized spacial score (nSPS) is 10.2. The van der Waals surface area contributed by atoms with Gasteiger partial charge in [0.25, 0.3) is 0 Å². The first kappa shape index (κ1) is 17.3. The molecule has 0 aliphatic carbocycles. The maximum atomic E-state index is 11.8. The van der Waals surface area contributed by atoms with Gasteiger partial charge in [0.1, 0.15) is 6.61 Å². The second-order valence-corrected chi connectivity index (χ2v) is 4.55. The second kappa shape index (κ2) is 10.0. The summed E-state index contributed by atoms with van der Waals surface area (Å²) in [6, 6.07) is 5.04. The number of rotatable bonds is 10. The SMILES string of the molecule is CCCCCOc1ccc(C(=O)OCCOC)cc1OC. The van der Waals surface area contributed by atoms with Crippen LogP contribution in [0.5, 0.6) is 11.5 Å². The van der Waals surface area contributed by atoms with Gasteiger partial charge in [-0.05, 0) is 24.6 Å². The number of unbranched alkanes of at least 4 members (excludes halogenated alkanes) is 2. The van der Waals surface area contributed by atoms with Crippen molar-refractivity contribution >= 4 is 5.97 Å². The second-order valence-electron chi connectivity index (χ2n) is 4.55. The van der Waals surface area contributed by atoms with E-state index in [4.69, 9.17) is 18.9 Å². The Kier molecular flexibility index (Phi) is 8.28. The van der Waals surface area contributed by atoms with Crippen molar-refractivity contribution in [3.8, 4) is 11.5 Å². The zero-order chi connectivity index (χ0) is 15.5. The van der Waals surface area contributed by atoms with Crippen molar-refractivity contribution in [3.05, 3.63) is 23.8 Å². The van der Waals surface area contributed by atoms with Crippen molar-refractivity contribution in [1.82, 2.24) is 0 Å². The molecule has 1 aromatic rings. The van der Waals surface area contributed by atoms with Gasteiger partial charge in [0.2, 0.25) is 0 Å². The molecule has 1 rings (SSSR count). The first-order valence-electron chi connectivity index (χ1n) is 7.19. The molecule has 5 nitrogen and oxygen atoms in total. The molecular formula is C16H24O5. The van der Waals surface area contributed by atoms with E-state index in [9.17, 15) is 4.79 Å². The number of carbonyl (C=O) groups excluding carboxylic acids is 1. The summed E-state index contributed by atoms with van der Waals surface area (Å²) in [5.41, 5.74) is 0.434. The Morgan fingerprint density at radius 3 is 2.52 bits per heavy atom. The third-order valence-electron chi connectivity index (χ3n) is 2.93. The Hall–Kier alpha value is -1.75. The zero-order valence-corrected chi connectivity index (χ0v) is 13.0. The van der Waals surface area contributed by atoms with Crippen LogP contribution < -0.4 is 9.47 Å². The molecule has 0 N–H and O–H groups in total. The van der Waals surface area contributed by atoms with Crippen LogP contribution in [0.15, 0.2) is 18.2 Å². The summed E-state index contributed by atoms with van der Waals surface area (Å²) in [6.45, 7) is 3.39. The highest BCUT2D eigenvalue weighted by Gasteiger charge is 2.12. The smallest absolute Gasteiger partial charge is 0.338 e. The summed E-state index contributed by atoms with van der Waals surface area (Å²) >= 11 is 0. The fraction of sp³-hybridized carbons (Fsp3) is 0.562. The number of esters is 1. The Morgan fingerprint density at radius 2 is 1.86 bits per heavy atom. The molecule has 0 atom stereocenters. The van der Waals surface area contributed by atoms with Gasteiger partial charge in [-0.15, -0.1) is 0 Å². The summed E-state index contributed by atoms with van der Waals surface area (Å²) in [7, 11) is 3.11. The van der Waals surface area contributed by atoms with Gasteiger partial charge < -0.3 is 18.9 Å². The van der Waals surface area contributed by atoms with Crippen molar-refractivity contribution in [2.75, 3.05) is 34.0 Å². The van der Waals surface area contributed by atoms with Crippen LogP contribution in [-0.2, 0) is 9.47 Å². The largest absolute Gasteiger partial charge is 0.493 e. The molecule has 0 aliphatic heterocycles. The van der Waals surface area contributed by atoms with Gasteiger partial charge in [-0.3, -0.25) is 0 Å². The van der Waals surface area contributed by atoms with Crippen LogP contribution in [0, 0.1) is 0 Å². The van der Waals surface area contributed by atoms with Crippen LogP contribution in [0.2, 0.25) is 0 Å². The fourth-order valence-corrected chi connectivity index (χ4v) is 1.75. The third-order valence-corrected chi connectivity index (χ3v) is 2.93. The molecule has 5 heteroatoms. The molecule has 0 fully saturated rings. The molecule has 0 heterocycles. The number of benzene rings is 1. The molecule has 118 valence electrons. The summed E-state index contributed by atoms with van der Waals surface area (Å²) in [4.78, 5) is 11.8. The van der Waals surface area contributed by atoms with E-state index in [2.05, 4.69) is 6.92 Å². The van der Waals surface area contributed by atoms with Crippen LogP contribution in [0.3, 0.4) is 0 Å². The summed E-state index contributed by atoms with van der Waals surface area (Å²) < 4.78 is 20.8. The van der Waals surface area contributed by atoms with Crippen molar-refractivity contribution in [3.63, 3.8) is 0 Å². The molecule has 0 saturated heterocycles. The highest BCUT2D eigenvalue weighted by molar-refractivity contribution is 5.90. The topological polar surface area (TPSA) is 54.0 Å². The first-order valence-corrected chi connectivity index (χ1v) is 7.19. The minimum Gasteiger partial charge on any atom is -0.493 e. The Balaban J connectivity index is 2.62. The molecule has 0 aromatic heterocycles. The highest BCUT2D eigenvalue weighted by atomic mass is 16.6. The molecule has 0 saturated carbocycles. The molecule has 0 amide bonds. The van der Waals surface area contributed by atoms with E-state index >= 15 is 0 Å². The molecule has 0 unspecified atom stereocenters. The molecule has 0 aliphatic rings. The number of carbonyl (C=O) groups is 1. The standard InChI is InChI=1S/C16H24O5/c1-4-5-6-9-20-14-8-7-13(12-15(14)19-3)16(17)21-11-10-18-2/h7-8,12H,4-6,9-11H2,1-3H3. The van der Waals surface area contributed by atoms with E-state index < -0.39 is 5.97 Å². The lowest BCUT2D eigenvalue weighted by Gasteiger charge is -2.12. The van der Waals surface area contributed by atoms with Crippen LogP contribution in [0.4, 0.5) is 0 Å². The van der Waals surface area contributed by atoms with Crippen LogP contribution in [-0.4, -0.2) is 40.0 Å². The average Bonchev–Trinajstić information content (AvgIpc) is 2.51. The molecular weight excluding hydrogens is 272 g/mol. The minimum atomic E-state index is -0.400. The maximum absolute atomic E-state index is 11.8. The van der Waals surface area contributed by atoms with Crippen LogP contribution in [0.25, 0.3) is 0 Å². The van der Waals surface area contributed by atoms with Crippen molar-refractivity contribution in [2.24, 2.45) is 0 Å². The van der Waals surface area contributed by atoms with Crippen molar-refractivity contribution in [1.29, 1.82) is 0 Å². The Bertz CT molecular complexity index is 431. The lowest BCUT2D eigenvalue weighted by molar-refractivity contribution is 0.0387. The van der Waals surface area contributed by atoms with Crippen molar-refractivity contribution in [2.45, 2.75) is 26.2 Å². The van der Waals surface area contributed by atoms with Gasteiger partial charge in [0.15, 0.2) is 11.5 Å². The quantitative estimate of drug-likeness (QED) is 0.490. The van der Waals surface area contributed by atoms with E-state index in [1.165, 1.54) is 0 Å². The van der Waals surface area contributed by atoms with Crippen molar-refractivity contribution < 1.29 is 23.7 Å². The average molecular weight is 296 g/mol. The Morgan fingerprint density at radius 1 is 1.05 bits per heavy atom. The lowest BCUT2D eigenvalue weighted by atomic mass is 10.2. The zero-order valence-electron chi connectivity index (χ0n) is 13.0. The van der Waals surface area contributed by atoms with Gasteiger partial charge in [-0.1, -0.05) is 19.8 Å². The van der Waals surface area contributed by atoms with E-state index in [0.29, 0.717) is 30.3 Å². The van der Waals surface area contributed by atoms with Gasteiger partial charge in [0.05, 0.1) is 25.9 Å². The number of hydrogen-bond acceptors (Lipinski definition) is 5. The molecule has 0 radical (unpaired) electrons. The molecule has 21 heavy (non-hydrogen) atoms. The predicted octanol–water partition coefficient (Wildman–Crippen LogP) is 3.07. The molecule has 1 aromatic carbocycles. The molecule has 0 bridgehead atoms. The summed E-state index contributed by atoms with van der Waals surface area (Å²) in [5.74, 6) is 0.776.